The van der Waals surface area contributed by atoms with Gasteiger partial charge in [0.25, 0.3) is 0 Å². The smallest absolute Gasteiger partial charge is 0.155 e. The number of hydrogen-bond donors (Lipinski definition) is 0. The summed E-state index contributed by atoms with van der Waals surface area (Å²) in [6.45, 7) is 0.765. The minimum absolute atomic E-state index is 0.112. The fourth-order valence-corrected chi connectivity index (χ4v) is 5.17. The van der Waals surface area contributed by atoms with Gasteiger partial charge in [0.15, 0.2) is 15.7 Å². The van der Waals surface area contributed by atoms with E-state index in [2.05, 4.69) is 15.0 Å². The maximum atomic E-state index is 11.6. The summed E-state index contributed by atoms with van der Waals surface area (Å²) in [5.41, 5.74) is 1.06. The fourth-order valence-electron chi connectivity index (χ4n) is 3.37. The molecule has 0 unspecified atom stereocenters. The monoisotopic (exact) mass is 378 g/mol. The van der Waals surface area contributed by atoms with E-state index < -0.39 is 9.84 Å². The van der Waals surface area contributed by atoms with Gasteiger partial charge in [-0.05, 0) is 19.5 Å². The molecule has 0 radical (unpaired) electrons. The molecule has 8 heteroatoms. The largest absolute Gasteiger partial charge is 0.496 e. The number of aromatic nitrogens is 3. The lowest BCUT2D eigenvalue weighted by Gasteiger charge is -2.22. The predicted octanol–water partition coefficient (Wildman–Crippen LogP) is 1.08. The van der Waals surface area contributed by atoms with Gasteiger partial charge in [0.05, 0.1) is 18.6 Å². The van der Waals surface area contributed by atoms with E-state index in [4.69, 9.17) is 4.74 Å². The molecule has 1 aromatic carbocycles. The third-order valence-corrected chi connectivity index (χ3v) is 6.71. The molecule has 2 aromatic rings. The number of sulfone groups is 1. The summed E-state index contributed by atoms with van der Waals surface area (Å²) in [6.07, 6.45) is 2.08. The number of rotatable bonds is 7. The van der Waals surface area contributed by atoms with E-state index in [1.807, 2.05) is 43.0 Å². The molecule has 0 aliphatic carbocycles. The minimum Gasteiger partial charge on any atom is -0.496 e. The third-order valence-electron chi connectivity index (χ3n) is 4.96. The van der Waals surface area contributed by atoms with Crippen LogP contribution in [0.25, 0.3) is 0 Å². The van der Waals surface area contributed by atoms with Crippen molar-refractivity contribution in [2.24, 2.45) is 7.05 Å². The highest BCUT2D eigenvalue weighted by atomic mass is 32.2. The lowest BCUT2D eigenvalue weighted by molar-refractivity contribution is 0.262. The average Bonchev–Trinajstić information content (AvgIpc) is 3.15. The molecule has 7 nitrogen and oxygen atoms in total. The van der Waals surface area contributed by atoms with E-state index in [0.717, 1.165) is 42.3 Å². The van der Waals surface area contributed by atoms with E-state index in [9.17, 15) is 8.42 Å². The molecule has 1 saturated heterocycles. The number of hydrogen-bond acceptors (Lipinski definition) is 6. The molecule has 0 bridgehead atoms. The van der Waals surface area contributed by atoms with Crippen LogP contribution in [0.2, 0.25) is 0 Å². The molecule has 1 aliphatic rings. The van der Waals surface area contributed by atoms with Gasteiger partial charge in [-0.2, -0.15) is 5.10 Å². The summed E-state index contributed by atoms with van der Waals surface area (Å²) in [5.74, 6) is 3.07. The van der Waals surface area contributed by atoms with Gasteiger partial charge in [-0.15, -0.1) is 0 Å². The van der Waals surface area contributed by atoms with E-state index >= 15 is 0 Å². The summed E-state index contributed by atoms with van der Waals surface area (Å²) < 4.78 is 30.5. The number of ether oxygens (including phenoxy) is 1. The number of methoxy groups -OCH3 is 1. The van der Waals surface area contributed by atoms with Crippen LogP contribution in [0.3, 0.4) is 0 Å². The maximum Gasteiger partial charge on any atom is 0.155 e. The van der Waals surface area contributed by atoms with Crippen molar-refractivity contribution >= 4 is 9.84 Å². The van der Waals surface area contributed by atoms with Crippen molar-refractivity contribution in [2.75, 3.05) is 32.2 Å². The molecule has 0 N–H and O–H groups in total. The molecule has 1 aliphatic heterocycles. The van der Waals surface area contributed by atoms with Crippen LogP contribution in [-0.2, 0) is 29.7 Å². The van der Waals surface area contributed by atoms with E-state index in [1.54, 1.807) is 7.11 Å². The average molecular weight is 378 g/mol. The zero-order valence-corrected chi connectivity index (χ0v) is 16.4. The van der Waals surface area contributed by atoms with Gasteiger partial charge in [-0.1, -0.05) is 18.2 Å². The number of benzene rings is 1. The molecule has 142 valence electrons. The maximum absolute atomic E-state index is 11.6. The van der Waals surface area contributed by atoms with Crippen LogP contribution in [0.5, 0.6) is 5.75 Å². The molecular weight excluding hydrogens is 352 g/mol. The lowest BCUT2D eigenvalue weighted by Crippen LogP contribution is -2.34. The van der Waals surface area contributed by atoms with Crippen LogP contribution in [0.4, 0.5) is 0 Å². The van der Waals surface area contributed by atoms with Crippen molar-refractivity contribution in [1.82, 2.24) is 19.7 Å². The Bertz CT molecular complexity index is 863. The second kappa shape index (κ2) is 7.75. The Morgan fingerprint density at radius 2 is 2.12 bits per heavy atom. The molecule has 0 spiro atoms. The van der Waals surface area contributed by atoms with Crippen molar-refractivity contribution in [2.45, 2.75) is 25.3 Å². The van der Waals surface area contributed by atoms with Crippen LogP contribution in [0.15, 0.2) is 24.3 Å². The Morgan fingerprint density at radius 3 is 2.81 bits per heavy atom. The van der Waals surface area contributed by atoms with E-state index in [0.29, 0.717) is 12.2 Å². The van der Waals surface area contributed by atoms with Crippen molar-refractivity contribution in [3.63, 3.8) is 0 Å². The van der Waals surface area contributed by atoms with Gasteiger partial charge in [0.1, 0.15) is 11.6 Å². The van der Waals surface area contributed by atoms with Crippen molar-refractivity contribution < 1.29 is 13.2 Å². The number of aryl methyl sites for hydroxylation is 1. The Labute approximate surface area is 154 Å². The molecular formula is C18H26N4O3S. The standard InChI is InChI=1S/C18H26N4O3S/c1-21(15-9-11-26(23,24)13-15)10-8-18-19-17(20-22(18)2)12-14-6-4-5-7-16(14)25-3/h4-7,15H,8-13H2,1-3H3/t15-/m0/s1. The molecule has 3 rings (SSSR count). The summed E-state index contributed by atoms with van der Waals surface area (Å²) in [6, 6.07) is 7.99. The Morgan fingerprint density at radius 1 is 1.35 bits per heavy atom. The first kappa shape index (κ1) is 18.8. The second-order valence-corrected chi connectivity index (χ2v) is 9.07. The summed E-state index contributed by atoms with van der Waals surface area (Å²) in [7, 11) is 2.69. The van der Waals surface area contributed by atoms with Gasteiger partial charge in [0, 0.05) is 38.0 Å². The van der Waals surface area contributed by atoms with Gasteiger partial charge in [-0.3, -0.25) is 4.68 Å². The van der Waals surface area contributed by atoms with E-state index in [-0.39, 0.29) is 11.8 Å². The summed E-state index contributed by atoms with van der Waals surface area (Å²) in [5, 5.41) is 4.52. The molecule has 1 fully saturated rings. The molecule has 0 saturated carbocycles. The molecule has 26 heavy (non-hydrogen) atoms. The van der Waals surface area contributed by atoms with Gasteiger partial charge in [-0.25, -0.2) is 13.4 Å². The Kier molecular flexibility index (Phi) is 5.62. The van der Waals surface area contributed by atoms with Crippen LogP contribution < -0.4 is 4.74 Å². The quantitative estimate of drug-likeness (QED) is 0.717. The molecule has 1 atom stereocenters. The second-order valence-electron chi connectivity index (χ2n) is 6.84. The predicted molar refractivity (Wildman–Crippen MR) is 100 cm³/mol. The van der Waals surface area contributed by atoms with Crippen molar-refractivity contribution in [3.8, 4) is 5.75 Å². The number of nitrogens with zero attached hydrogens (tertiary/aromatic N) is 4. The van der Waals surface area contributed by atoms with Crippen LogP contribution in [0.1, 0.15) is 23.6 Å². The molecule has 2 heterocycles. The topological polar surface area (TPSA) is 77.3 Å². The number of para-hydroxylation sites is 1. The zero-order valence-electron chi connectivity index (χ0n) is 15.6. The molecule has 0 amide bonds. The highest BCUT2D eigenvalue weighted by molar-refractivity contribution is 7.91. The third kappa shape index (κ3) is 4.42. The summed E-state index contributed by atoms with van der Waals surface area (Å²) >= 11 is 0. The SMILES string of the molecule is COc1ccccc1Cc1nc(CCN(C)[C@H]2CCS(=O)(=O)C2)n(C)n1. The normalized spacial score (nSPS) is 19.2. The van der Waals surface area contributed by atoms with Gasteiger partial charge >= 0.3 is 0 Å². The van der Waals surface area contributed by atoms with Crippen LogP contribution >= 0.6 is 0 Å². The Balaban J connectivity index is 1.61. The fraction of sp³-hybridized carbons (Fsp3) is 0.556. The van der Waals surface area contributed by atoms with Crippen LogP contribution in [-0.4, -0.2) is 66.3 Å². The minimum atomic E-state index is -2.86. The first-order chi connectivity index (χ1) is 12.4. The van der Waals surface area contributed by atoms with Crippen molar-refractivity contribution in [1.29, 1.82) is 0 Å². The highest BCUT2D eigenvalue weighted by Crippen LogP contribution is 2.20. The van der Waals surface area contributed by atoms with E-state index in [1.165, 1.54) is 0 Å². The Hall–Kier alpha value is -1.93. The van der Waals surface area contributed by atoms with Gasteiger partial charge in [0.2, 0.25) is 0 Å². The first-order valence-electron chi connectivity index (χ1n) is 8.79. The first-order valence-corrected chi connectivity index (χ1v) is 10.6. The van der Waals surface area contributed by atoms with Crippen molar-refractivity contribution in [3.05, 3.63) is 41.5 Å². The highest BCUT2D eigenvalue weighted by Gasteiger charge is 2.30. The molecule has 1 aromatic heterocycles. The summed E-state index contributed by atoms with van der Waals surface area (Å²) in [4.78, 5) is 6.78. The lowest BCUT2D eigenvalue weighted by atomic mass is 10.1. The van der Waals surface area contributed by atoms with Gasteiger partial charge < -0.3 is 9.64 Å². The van der Waals surface area contributed by atoms with Crippen LogP contribution in [0, 0.1) is 0 Å². The number of likely N-dealkylation sites (N-methyl/N-ethyl adjacent to an activating group) is 1. The zero-order chi connectivity index (χ0) is 18.7.